The Morgan fingerprint density at radius 2 is 1.93 bits per heavy atom. The molecule has 0 aliphatic carbocycles. The van der Waals surface area contributed by atoms with Gasteiger partial charge in [-0.1, -0.05) is 18.2 Å². The maximum atomic E-state index is 13.3. The molecule has 0 radical (unpaired) electrons. The van der Waals surface area contributed by atoms with Crippen molar-refractivity contribution in [3.8, 4) is 16.9 Å². The Labute approximate surface area is 183 Å². The first kappa shape index (κ1) is 22.9. The molecule has 1 fully saturated rings. The maximum Gasteiger partial charge on any atom is 0.257 e. The van der Waals surface area contributed by atoms with Crippen molar-refractivity contribution >= 4 is 30.7 Å². The van der Waals surface area contributed by atoms with Gasteiger partial charge >= 0.3 is 0 Å². The summed E-state index contributed by atoms with van der Waals surface area (Å²) in [5, 5.41) is 8.01. The SMILES string of the molecule is CNC1CCCN(C(=O)c2cn(-c3ccccc3)nc2-c2cccnc2)C1.Cl.Cl. The Bertz CT molecular complexity index is 917. The van der Waals surface area contributed by atoms with Gasteiger partial charge in [-0.25, -0.2) is 4.68 Å². The molecule has 1 atom stereocenters. The molecule has 1 aromatic carbocycles. The number of halogens is 2. The molecule has 154 valence electrons. The van der Waals surface area contributed by atoms with E-state index in [9.17, 15) is 4.79 Å². The predicted octanol–water partition coefficient (Wildman–Crippen LogP) is 3.60. The number of hydrogen-bond acceptors (Lipinski definition) is 4. The van der Waals surface area contributed by atoms with Gasteiger partial charge in [0.2, 0.25) is 0 Å². The van der Waals surface area contributed by atoms with Crippen LogP contribution in [-0.2, 0) is 0 Å². The molecule has 0 saturated carbocycles. The van der Waals surface area contributed by atoms with Crippen LogP contribution in [0.1, 0.15) is 23.2 Å². The van der Waals surface area contributed by atoms with Crippen molar-refractivity contribution in [2.75, 3.05) is 20.1 Å². The molecule has 1 aliphatic rings. The lowest BCUT2D eigenvalue weighted by molar-refractivity contribution is 0.0699. The van der Waals surface area contributed by atoms with Crippen LogP contribution in [0.15, 0.2) is 61.1 Å². The third-order valence-electron chi connectivity index (χ3n) is 5.02. The minimum absolute atomic E-state index is 0. The lowest BCUT2D eigenvalue weighted by Crippen LogP contribution is -2.47. The van der Waals surface area contributed by atoms with Crippen molar-refractivity contribution in [3.63, 3.8) is 0 Å². The molecule has 3 heterocycles. The lowest BCUT2D eigenvalue weighted by atomic mass is 10.0. The Hall–Kier alpha value is -2.41. The van der Waals surface area contributed by atoms with Crippen LogP contribution in [-0.4, -0.2) is 51.8 Å². The van der Waals surface area contributed by atoms with Gasteiger partial charge in [0.1, 0.15) is 5.69 Å². The second-order valence-corrected chi connectivity index (χ2v) is 6.79. The number of aromatic nitrogens is 3. The summed E-state index contributed by atoms with van der Waals surface area (Å²) < 4.78 is 1.77. The molecule has 0 bridgehead atoms. The summed E-state index contributed by atoms with van der Waals surface area (Å²) in [6.45, 7) is 1.50. The molecule has 0 spiro atoms. The number of para-hydroxylation sites is 1. The number of nitrogens with zero attached hydrogens (tertiary/aromatic N) is 4. The van der Waals surface area contributed by atoms with E-state index >= 15 is 0 Å². The van der Waals surface area contributed by atoms with Gasteiger partial charge in [0.25, 0.3) is 5.91 Å². The largest absolute Gasteiger partial charge is 0.337 e. The number of likely N-dealkylation sites (N-methyl/N-ethyl adjacent to an activating group) is 1. The molecule has 3 aromatic rings. The number of nitrogens with one attached hydrogen (secondary N) is 1. The van der Waals surface area contributed by atoms with Gasteiger partial charge in [-0.15, -0.1) is 24.8 Å². The highest BCUT2D eigenvalue weighted by atomic mass is 35.5. The minimum atomic E-state index is 0. The number of likely N-dealkylation sites (tertiary alicyclic amines) is 1. The van der Waals surface area contributed by atoms with Crippen LogP contribution < -0.4 is 5.32 Å². The van der Waals surface area contributed by atoms with Crippen LogP contribution in [0, 0.1) is 0 Å². The fourth-order valence-corrected chi connectivity index (χ4v) is 3.53. The molecule has 8 heteroatoms. The van der Waals surface area contributed by atoms with Gasteiger partial charge in [-0.3, -0.25) is 9.78 Å². The molecule has 4 rings (SSSR count). The van der Waals surface area contributed by atoms with Gasteiger partial charge in [-0.2, -0.15) is 5.10 Å². The molecule has 1 amide bonds. The number of hydrogen-bond donors (Lipinski definition) is 1. The first-order valence-corrected chi connectivity index (χ1v) is 9.28. The van der Waals surface area contributed by atoms with Crippen LogP contribution >= 0.6 is 24.8 Å². The van der Waals surface area contributed by atoms with E-state index in [1.54, 1.807) is 17.1 Å². The monoisotopic (exact) mass is 433 g/mol. The van der Waals surface area contributed by atoms with Gasteiger partial charge in [-0.05, 0) is 44.2 Å². The zero-order valence-electron chi connectivity index (χ0n) is 16.2. The van der Waals surface area contributed by atoms with Crippen molar-refractivity contribution < 1.29 is 4.79 Å². The van der Waals surface area contributed by atoms with Crippen LogP contribution in [0.4, 0.5) is 0 Å². The summed E-state index contributed by atoms with van der Waals surface area (Å²) >= 11 is 0. The molecule has 2 aromatic heterocycles. The Balaban J connectivity index is 0.00000150. The van der Waals surface area contributed by atoms with Crippen LogP contribution in [0.5, 0.6) is 0 Å². The summed E-state index contributed by atoms with van der Waals surface area (Å²) in [5.74, 6) is 0.0241. The highest BCUT2D eigenvalue weighted by Crippen LogP contribution is 2.25. The Morgan fingerprint density at radius 1 is 1.14 bits per heavy atom. The molecule has 29 heavy (non-hydrogen) atoms. The van der Waals surface area contributed by atoms with E-state index in [1.165, 1.54) is 0 Å². The standard InChI is InChI=1S/C21H23N5O.2ClH/c1-22-17-8-6-12-25(14-17)21(27)19-15-26(18-9-3-2-4-10-18)24-20(19)16-7-5-11-23-13-16;;/h2-5,7,9-11,13,15,17,22H,6,8,12,14H2,1H3;2*1H. The van der Waals surface area contributed by atoms with E-state index in [1.807, 2.05) is 60.6 Å². The van der Waals surface area contributed by atoms with Gasteiger partial charge in [0.05, 0.1) is 11.3 Å². The topological polar surface area (TPSA) is 63.1 Å². The number of benzene rings is 1. The number of rotatable bonds is 4. The third-order valence-corrected chi connectivity index (χ3v) is 5.02. The van der Waals surface area contributed by atoms with Gasteiger partial charge in [0.15, 0.2) is 0 Å². The summed E-state index contributed by atoms with van der Waals surface area (Å²) in [6.07, 6.45) is 7.41. The first-order valence-electron chi connectivity index (χ1n) is 9.28. The second kappa shape index (κ2) is 10.4. The Kier molecular flexibility index (Phi) is 8.20. The van der Waals surface area contributed by atoms with Crippen LogP contribution in [0.2, 0.25) is 0 Å². The lowest BCUT2D eigenvalue weighted by Gasteiger charge is -2.32. The summed E-state index contributed by atoms with van der Waals surface area (Å²) in [6, 6.07) is 14.0. The van der Waals surface area contributed by atoms with Crippen molar-refractivity contribution in [3.05, 3.63) is 66.6 Å². The summed E-state index contributed by atoms with van der Waals surface area (Å²) in [5.41, 5.74) is 3.05. The predicted molar refractivity (Wildman–Crippen MR) is 119 cm³/mol. The molecule has 1 unspecified atom stereocenters. The second-order valence-electron chi connectivity index (χ2n) is 6.79. The maximum absolute atomic E-state index is 13.3. The first-order chi connectivity index (χ1) is 13.3. The van der Waals surface area contributed by atoms with Crippen molar-refractivity contribution in [1.29, 1.82) is 0 Å². The molecular weight excluding hydrogens is 409 g/mol. The molecule has 6 nitrogen and oxygen atoms in total. The number of pyridine rings is 1. The van der Waals surface area contributed by atoms with E-state index in [-0.39, 0.29) is 30.7 Å². The average molecular weight is 434 g/mol. The average Bonchev–Trinajstić information content (AvgIpc) is 3.20. The number of carbonyl (C=O) groups excluding carboxylic acids is 1. The highest BCUT2D eigenvalue weighted by Gasteiger charge is 2.27. The third kappa shape index (κ3) is 4.96. The fraction of sp³-hybridized carbons (Fsp3) is 0.286. The van der Waals surface area contributed by atoms with Gasteiger partial charge < -0.3 is 10.2 Å². The summed E-state index contributed by atoms with van der Waals surface area (Å²) in [7, 11) is 1.95. The fourth-order valence-electron chi connectivity index (χ4n) is 3.53. The van der Waals surface area contributed by atoms with E-state index in [0.717, 1.165) is 37.2 Å². The molecular formula is C21H25Cl2N5O. The zero-order chi connectivity index (χ0) is 18.6. The van der Waals surface area contributed by atoms with Crippen molar-refractivity contribution in [2.45, 2.75) is 18.9 Å². The van der Waals surface area contributed by atoms with E-state index in [0.29, 0.717) is 17.3 Å². The van der Waals surface area contributed by atoms with Crippen LogP contribution in [0.25, 0.3) is 16.9 Å². The van der Waals surface area contributed by atoms with E-state index < -0.39 is 0 Å². The zero-order valence-corrected chi connectivity index (χ0v) is 17.8. The van der Waals surface area contributed by atoms with Crippen molar-refractivity contribution in [2.24, 2.45) is 0 Å². The van der Waals surface area contributed by atoms with Gasteiger partial charge in [0, 0.05) is 43.3 Å². The number of carbonyl (C=O) groups is 1. The molecule has 1 saturated heterocycles. The smallest absolute Gasteiger partial charge is 0.257 e. The number of piperidine rings is 1. The normalized spacial score (nSPS) is 15.9. The van der Waals surface area contributed by atoms with Crippen molar-refractivity contribution in [1.82, 2.24) is 25.0 Å². The Morgan fingerprint density at radius 3 is 2.62 bits per heavy atom. The highest BCUT2D eigenvalue weighted by molar-refractivity contribution is 6.00. The minimum Gasteiger partial charge on any atom is -0.337 e. The quantitative estimate of drug-likeness (QED) is 0.682. The van der Waals surface area contributed by atoms with E-state index in [2.05, 4.69) is 10.3 Å². The van der Waals surface area contributed by atoms with E-state index in [4.69, 9.17) is 5.10 Å². The molecule has 1 aliphatic heterocycles. The number of amides is 1. The van der Waals surface area contributed by atoms with Crippen LogP contribution in [0.3, 0.4) is 0 Å². The molecule has 1 N–H and O–H groups in total. The summed E-state index contributed by atoms with van der Waals surface area (Å²) in [4.78, 5) is 19.4.